The highest BCUT2D eigenvalue weighted by atomic mass is 79.9. The third-order valence-electron chi connectivity index (χ3n) is 3.50. The smallest absolute Gasteiger partial charge is 0.251 e. The number of benzene rings is 2. The number of ether oxygens (including phenoxy) is 1. The Labute approximate surface area is 149 Å². The van der Waals surface area contributed by atoms with E-state index in [0.717, 1.165) is 17.7 Å². The van der Waals surface area contributed by atoms with Crippen LogP contribution in [0, 0.1) is 0 Å². The first-order valence-electron chi connectivity index (χ1n) is 7.54. The Morgan fingerprint density at radius 2 is 1.92 bits per heavy atom. The quantitative estimate of drug-likeness (QED) is 0.794. The van der Waals surface area contributed by atoms with Gasteiger partial charge in [0.2, 0.25) is 5.91 Å². The predicted octanol–water partition coefficient (Wildman–Crippen LogP) is 3.39. The highest BCUT2D eigenvalue weighted by Crippen LogP contribution is 2.25. The molecule has 2 aromatic rings. The number of hydrogen-bond donors (Lipinski definition) is 2. The summed E-state index contributed by atoms with van der Waals surface area (Å²) in [6.07, 6.45) is 0.822. The van der Waals surface area contributed by atoms with E-state index in [2.05, 4.69) is 26.6 Å². The number of rotatable bonds is 6. The minimum atomic E-state index is -0.322. The molecule has 126 valence electrons. The Kier molecular flexibility index (Phi) is 6.37. The number of halogens is 1. The molecular weight excluding hydrogens is 372 g/mol. The highest BCUT2D eigenvalue weighted by Gasteiger charge is 2.11. The molecule has 2 aromatic carbocycles. The highest BCUT2D eigenvalue weighted by molar-refractivity contribution is 9.10. The summed E-state index contributed by atoms with van der Waals surface area (Å²) in [4.78, 5) is 24.2. The molecule has 2 amide bonds. The van der Waals surface area contributed by atoms with Crippen molar-refractivity contribution in [1.82, 2.24) is 5.32 Å². The van der Waals surface area contributed by atoms with Gasteiger partial charge in [-0.15, -0.1) is 0 Å². The molecule has 0 aromatic heterocycles. The Bertz CT molecular complexity index is 747. The van der Waals surface area contributed by atoms with E-state index in [0.29, 0.717) is 15.8 Å². The average molecular weight is 391 g/mol. The zero-order chi connectivity index (χ0) is 17.5. The molecule has 2 rings (SSSR count). The van der Waals surface area contributed by atoms with Crippen molar-refractivity contribution < 1.29 is 14.3 Å². The third-order valence-corrected chi connectivity index (χ3v) is 4.12. The van der Waals surface area contributed by atoms with E-state index in [4.69, 9.17) is 4.74 Å². The van der Waals surface area contributed by atoms with Crippen LogP contribution in [0.5, 0.6) is 5.75 Å². The summed E-state index contributed by atoms with van der Waals surface area (Å²) in [6.45, 7) is 1.93. The average Bonchev–Trinajstić information content (AvgIpc) is 2.60. The third kappa shape index (κ3) is 4.58. The fourth-order valence-electron chi connectivity index (χ4n) is 2.22. The molecule has 5 nitrogen and oxygen atoms in total. The minimum absolute atomic E-state index is 0.0967. The lowest BCUT2D eigenvalue weighted by atomic mass is 10.1. The van der Waals surface area contributed by atoms with Gasteiger partial charge in [-0.2, -0.15) is 0 Å². The maximum absolute atomic E-state index is 12.1. The van der Waals surface area contributed by atoms with Gasteiger partial charge in [0.25, 0.3) is 5.91 Å². The molecule has 0 saturated carbocycles. The van der Waals surface area contributed by atoms with Gasteiger partial charge in [0, 0.05) is 11.3 Å². The standard InChI is InChI=1S/C18H19BrN2O3/c1-3-12-6-4-5-7-15(12)21-17(22)11-20-18(23)13-8-9-16(24-2)14(19)10-13/h4-10H,3,11H2,1-2H3,(H,20,23)(H,21,22). The number of aryl methyl sites for hydroxylation is 1. The van der Waals surface area contributed by atoms with Crippen molar-refractivity contribution in [2.24, 2.45) is 0 Å². The second-order valence-corrected chi connectivity index (χ2v) is 5.95. The van der Waals surface area contributed by atoms with Crippen LogP contribution in [0.2, 0.25) is 0 Å². The Morgan fingerprint density at radius 3 is 2.58 bits per heavy atom. The Balaban J connectivity index is 1.94. The van der Waals surface area contributed by atoms with Crippen molar-refractivity contribution in [2.75, 3.05) is 19.0 Å². The zero-order valence-corrected chi connectivity index (χ0v) is 15.1. The maximum Gasteiger partial charge on any atom is 0.251 e. The Morgan fingerprint density at radius 1 is 1.17 bits per heavy atom. The maximum atomic E-state index is 12.1. The van der Waals surface area contributed by atoms with Crippen molar-refractivity contribution in [2.45, 2.75) is 13.3 Å². The van der Waals surface area contributed by atoms with E-state index in [-0.39, 0.29) is 18.4 Å². The van der Waals surface area contributed by atoms with Crippen molar-refractivity contribution in [1.29, 1.82) is 0 Å². The van der Waals surface area contributed by atoms with Crippen LogP contribution in [0.25, 0.3) is 0 Å². The monoisotopic (exact) mass is 390 g/mol. The molecule has 0 aliphatic heterocycles. The largest absolute Gasteiger partial charge is 0.496 e. The fourth-order valence-corrected chi connectivity index (χ4v) is 2.76. The molecule has 0 heterocycles. The number of hydrogen-bond acceptors (Lipinski definition) is 3. The van der Waals surface area contributed by atoms with Gasteiger partial charge in [-0.3, -0.25) is 9.59 Å². The normalized spacial score (nSPS) is 10.1. The van der Waals surface area contributed by atoms with Crippen molar-refractivity contribution in [3.8, 4) is 5.75 Å². The molecule has 0 fully saturated rings. The summed E-state index contributed by atoms with van der Waals surface area (Å²) in [5, 5.41) is 5.42. The summed E-state index contributed by atoms with van der Waals surface area (Å²) in [5.41, 5.74) is 2.27. The van der Waals surface area contributed by atoms with Crippen LogP contribution in [-0.2, 0) is 11.2 Å². The molecule has 0 aliphatic carbocycles. The number of carbonyl (C=O) groups is 2. The van der Waals surface area contributed by atoms with Gasteiger partial charge in [-0.25, -0.2) is 0 Å². The molecule has 2 N–H and O–H groups in total. The Hall–Kier alpha value is -2.34. The molecule has 0 radical (unpaired) electrons. The molecule has 0 saturated heterocycles. The molecule has 24 heavy (non-hydrogen) atoms. The lowest BCUT2D eigenvalue weighted by Crippen LogP contribution is -2.33. The van der Waals surface area contributed by atoms with Crippen molar-refractivity contribution >= 4 is 33.4 Å². The van der Waals surface area contributed by atoms with Crippen LogP contribution < -0.4 is 15.4 Å². The lowest BCUT2D eigenvalue weighted by molar-refractivity contribution is -0.115. The van der Waals surface area contributed by atoms with Crippen molar-refractivity contribution in [3.63, 3.8) is 0 Å². The second-order valence-electron chi connectivity index (χ2n) is 5.09. The van der Waals surface area contributed by atoms with E-state index in [1.165, 1.54) is 0 Å². The van der Waals surface area contributed by atoms with E-state index in [9.17, 15) is 9.59 Å². The molecule has 6 heteroatoms. The summed E-state index contributed by atoms with van der Waals surface area (Å²) in [6, 6.07) is 12.6. The van der Waals surface area contributed by atoms with Gasteiger partial charge in [-0.1, -0.05) is 25.1 Å². The number of amides is 2. The fraction of sp³-hybridized carbons (Fsp3) is 0.222. The van der Waals surface area contributed by atoms with Crippen LogP contribution in [0.3, 0.4) is 0 Å². The van der Waals surface area contributed by atoms with Crippen LogP contribution >= 0.6 is 15.9 Å². The van der Waals surface area contributed by atoms with Crippen LogP contribution in [-0.4, -0.2) is 25.5 Å². The van der Waals surface area contributed by atoms with Gasteiger partial charge < -0.3 is 15.4 Å². The van der Waals surface area contributed by atoms with E-state index in [1.807, 2.05) is 31.2 Å². The first-order chi connectivity index (χ1) is 11.5. The van der Waals surface area contributed by atoms with Gasteiger partial charge in [-0.05, 0) is 52.2 Å². The van der Waals surface area contributed by atoms with Gasteiger partial charge >= 0.3 is 0 Å². The SMILES string of the molecule is CCc1ccccc1NC(=O)CNC(=O)c1ccc(OC)c(Br)c1. The zero-order valence-electron chi connectivity index (χ0n) is 13.6. The number of methoxy groups -OCH3 is 1. The van der Waals surface area contributed by atoms with Crippen LogP contribution in [0.4, 0.5) is 5.69 Å². The molecule has 0 aliphatic rings. The first kappa shape index (κ1) is 18.0. The summed E-state index contributed by atoms with van der Waals surface area (Å²) in [7, 11) is 1.55. The van der Waals surface area contributed by atoms with E-state index < -0.39 is 0 Å². The van der Waals surface area contributed by atoms with Crippen molar-refractivity contribution in [3.05, 3.63) is 58.1 Å². The summed E-state index contributed by atoms with van der Waals surface area (Å²) in [5.74, 6) is 0.0505. The molecule has 0 spiro atoms. The van der Waals surface area contributed by atoms with Gasteiger partial charge in [0.05, 0.1) is 18.1 Å². The molecule has 0 unspecified atom stereocenters. The molecular formula is C18H19BrN2O3. The number of para-hydroxylation sites is 1. The number of anilines is 1. The number of carbonyl (C=O) groups excluding carboxylic acids is 2. The second kappa shape index (κ2) is 8.49. The summed E-state index contributed by atoms with van der Waals surface area (Å²) < 4.78 is 5.80. The molecule has 0 atom stereocenters. The first-order valence-corrected chi connectivity index (χ1v) is 8.34. The van der Waals surface area contributed by atoms with Crippen LogP contribution in [0.15, 0.2) is 46.9 Å². The van der Waals surface area contributed by atoms with E-state index >= 15 is 0 Å². The van der Waals surface area contributed by atoms with E-state index in [1.54, 1.807) is 25.3 Å². The lowest BCUT2D eigenvalue weighted by Gasteiger charge is -2.11. The summed E-state index contributed by atoms with van der Waals surface area (Å²) >= 11 is 3.33. The van der Waals surface area contributed by atoms with Gasteiger partial charge in [0.1, 0.15) is 5.75 Å². The number of nitrogens with one attached hydrogen (secondary N) is 2. The minimum Gasteiger partial charge on any atom is -0.496 e. The molecule has 0 bridgehead atoms. The van der Waals surface area contributed by atoms with Gasteiger partial charge in [0.15, 0.2) is 0 Å². The predicted molar refractivity (Wildman–Crippen MR) is 97.5 cm³/mol. The topological polar surface area (TPSA) is 67.4 Å². The van der Waals surface area contributed by atoms with Crippen LogP contribution in [0.1, 0.15) is 22.8 Å².